The summed E-state index contributed by atoms with van der Waals surface area (Å²) in [5, 5.41) is 11.6. The Balaban J connectivity index is 2.46. The molecule has 5 heteroatoms. The van der Waals surface area contributed by atoms with Crippen molar-refractivity contribution in [2.45, 2.75) is 38.8 Å². The van der Waals surface area contributed by atoms with Crippen molar-refractivity contribution < 1.29 is 14.3 Å². The van der Waals surface area contributed by atoms with Crippen LogP contribution in [0, 0.1) is 17.2 Å². The molecule has 1 aliphatic rings. The first-order valence-electron chi connectivity index (χ1n) is 5.39. The number of carbonyl (C=O) groups excluding carboxylic acids is 1. The topological polar surface area (TPSA) is 71.3 Å². The van der Waals surface area contributed by atoms with Gasteiger partial charge in [0, 0.05) is 6.61 Å². The number of amides is 1. The smallest absolute Gasteiger partial charge is 0.407 e. The molecule has 0 radical (unpaired) electrons. The van der Waals surface area contributed by atoms with Crippen LogP contribution in [0.2, 0.25) is 0 Å². The van der Waals surface area contributed by atoms with E-state index < -0.39 is 11.7 Å². The molecule has 1 N–H and O–H groups in total. The lowest BCUT2D eigenvalue weighted by molar-refractivity contribution is 0.0261. The van der Waals surface area contributed by atoms with Crippen LogP contribution in [-0.4, -0.2) is 30.9 Å². The zero-order valence-electron chi connectivity index (χ0n) is 9.95. The van der Waals surface area contributed by atoms with Crippen LogP contribution in [0.4, 0.5) is 4.79 Å². The molecular formula is C11H18N2O3. The van der Waals surface area contributed by atoms with Crippen LogP contribution in [-0.2, 0) is 9.47 Å². The van der Waals surface area contributed by atoms with Crippen LogP contribution in [0.1, 0.15) is 27.2 Å². The van der Waals surface area contributed by atoms with Crippen molar-refractivity contribution in [3.05, 3.63) is 0 Å². The number of ether oxygens (including phenoxy) is 2. The number of hydrogen-bond donors (Lipinski definition) is 1. The van der Waals surface area contributed by atoms with Crippen molar-refractivity contribution in [2.24, 2.45) is 5.92 Å². The monoisotopic (exact) mass is 226 g/mol. The molecule has 0 spiro atoms. The molecule has 1 aliphatic heterocycles. The van der Waals surface area contributed by atoms with E-state index in [2.05, 4.69) is 11.4 Å². The molecule has 1 heterocycles. The molecule has 0 unspecified atom stereocenters. The molecule has 90 valence electrons. The Morgan fingerprint density at radius 3 is 2.81 bits per heavy atom. The quantitative estimate of drug-likeness (QED) is 0.734. The summed E-state index contributed by atoms with van der Waals surface area (Å²) in [4.78, 5) is 11.5. The third-order valence-corrected chi connectivity index (χ3v) is 2.22. The summed E-state index contributed by atoms with van der Waals surface area (Å²) in [7, 11) is 0. The predicted molar refractivity (Wildman–Crippen MR) is 57.7 cm³/mol. The number of rotatable bonds is 1. The van der Waals surface area contributed by atoms with Gasteiger partial charge in [-0.05, 0) is 27.2 Å². The molecule has 0 saturated carbocycles. The summed E-state index contributed by atoms with van der Waals surface area (Å²) < 4.78 is 10.3. The SMILES string of the molecule is CC(C)(C)OC(=O)N[C@H]1COCC[C@@H]1C#N. The molecule has 0 aromatic carbocycles. The van der Waals surface area contributed by atoms with Gasteiger partial charge in [0.2, 0.25) is 0 Å². The molecule has 0 bridgehead atoms. The van der Waals surface area contributed by atoms with Crippen molar-refractivity contribution in [2.75, 3.05) is 13.2 Å². The number of nitriles is 1. The minimum atomic E-state index is -0.526. The van der Waals surface area contributed by atoms with Crippen molar-refractivity contribution in [1.29, 1.82) is 5.26 Å². The Hall–Kier alpha value is -1.28. The third-order valence-electron chi connectivity index (χ3n) is 2.22. The number of carbonyl (C=O) groups is 1. The van der Waals surface area contributed by atoms with Crippen LogP contribution in [0.5, 0.6) is 0 Å². The van der Waals surface area contributed by atoms with Crippen LogP contribution < -0.4 is 5.32 Å². The van der Waals surface area contributed by atoms with Crippen molar-refractivity contribution in [1.82, 2.24) is 5.32 Å². The highest BCUT2D eigenvalue weighted by Crippen LogP contribution is 2.15. The predicted octanol–water partition coefficient (Wildman–Crippen LogP) is 1.44. The molecule has 0 aliphatic carbocycles. The fourth-order valence-electron chi connectivity index (χ4n) is 1.49. The second-order valence-corrected chi connectivity index (χ2v) is 4.85. The van der Waals surface area contributed by atoms with Crippen LogP contribution in [0.3, 0.4) is 0 Å². The third kappa shape index (κ3) is 4.07. The Morgan fingerprint density at radius 2 is 2.25 bits per heavy atom. The van der Waals surface area contributed by atoms with E-state index in [0.717, 1.165) is 0 Å². The Kier molecular flexibility index (Phi) is 4.13. The Labute approximate surface area is 95.7 Å². The van der Waals surface area contributed by atoms with Crippen molar-refractivity contribution in [3.63, 3.8) is 0 Å². The van der Waals surface area contributed by atoms with E-state index in [-0.39, 0.29) is 12.0 Å². The van der Waals surface area contributed by atoms with E-state index in [9.17, 15) is 4.79 Å². The van der Waals surface area contributed by atoms with Crippen molar-refractivity contribution >= 4 is 6.09 Å². The summed E-state index contributed by atoms with van der Waals surface area (Å²) in [6.07, 6.45) is 0.153. The number of alkyl carbamates (subject to hydrolysis) is 1. The summed E-state index contributed by atoms with van der Waals surface area (Å²) in [5.41, 5.74) is -0.526. The first-order valence-corrected chi connectivity index (χ1v) is 5.39. The normalized spacial score (nSPS) is 25.6. The van der Waals surface area contributed by atoms with Gasteiger partial charge in [-0.25, -0.2) is 4.79 Å². The molecule has 2 atom stereocenters. The maximum Gasteiger partial charge on any atom is 0.407 e. The van der Waals surface area contributed by atoms with Gasteiger partial charge in [0.25, 0.3) is 0 Å². The average molecular weight is 226 g/mol. The van der Waals surface area contributed by atoms with Gasteiger partial charge in [0.05, 0.1) is 24.6 Å². The zero-order valence-corrected chi connectivity index (χ0v) is 9.95. The van der Waals surface area contributed by atoms with Gasteiger partial charge in [0.1, 0.15) is 5.60 Å². The van der Waals surface area contributed by atoms with E-state index in [1.165, 1.54) is 0 Å². The number of hydrogen-bond acceptors (Lipinski definition) is 4. The molecule has 5 nitrogen and oxygen atoms in total. The lowest BCUT2D eigenvalue weighted by Gasteiger charge is -2.29. The first-order chi connectivity index (χ1) is 7.42. The lowest BCUT2D eigenvalue weighted by Crippen LogP contribution is -2.47. The molecular weight excluding hydrogens is 208 g/mol. The van der Waals surface area contributed by atoms with E-state index in [1.807, 2.05) is 0 Å². The molecule has 16 heavy (non-hydrogen) atoms. The number of nitrogens with one attached hydrogen (secondary N) is 1. The highest BCUT2D eigenvalue weighted by atomic mass is 16.6. The molecule has 1 amide bonds. The first kappa shape index (κ1) is 12.8. The number of nitrogens with zero attached hydrogens (tertiary/aromatic N) is 1. The van der Waals surface area contributed by atoms with Crippen molar-refractivity contribution in [3.8, 4) is 6.07 Å². The van der Waals surface area contributed by atoms with Gasteiger partial charge >= 0.3 is 6.09 Å². The average Bonchev–Trinajstić information content (AvgIpc) is 2.15. The van der Waals surface area contributed by atoms with Gasteiger partial charge in [-0.15, -0.1) is 0 Å². The van der Waals surface area contributed by atoms with E-state index in [0.29, 0.717) is 19.6 Å². The van der Waals surface area contributed by atoms with Gasteiger partial charge in [0.15, 0.2) is 0 Å². The fraction of sp³-hybridized carbons (Fsp3) is 0.818. The minimum Gasteiger partial charge on any atom is -0.444 e. The Morgan fingerprint density at radius 1 is 1.56 bits per heavy atom. The van der Waals surface area contributed by atoms with Gasteiger partial charge in [-0.3, -0.25) is 0 Å². The molecule has 1 fully saturated rings. The molecule has 0 aromatic heterocycles. The van der Waals surface area contributed by atoms with Crippen LogP contribution in [0.25, 0.3) is 0 Å². The van der Waals surface area contributed by atoms with Gasteiger partial charge < -0.3 is 14.8 Å². The minimum absolute atomic E-state index is 0.193. The van der Waals surface area contributed by atoms with Gasteiger partial charge in [-0.2, -0.15) is 5.26 Å². The fourth-order valence-corrected chi connectivity index (χ4v) is 1.49. The zero-order chi connectivity index (χ0) is 12.2. The summed E-state index contributed by atoms with van der Waals surface area (Å²) in [5.74, 6) is -0.193. The lowest BCUT2D eigenvalue weighted by atomic mass is 9.97. The standard InChI is InChI=1S/C11H18N2O3/c1-11(2,3)16-10(14)13-9-7-15-5-4-8(9)6-12/h8-9H,4-5,7H2,1-3H3,(H,13,14)/t8-,9+/m1/s1. The maximum absolute atomic E-state index is 11.5. The highest BCUT2D eigenvalue weighted by Gasteiger charge is 2.28. The summed E-state index contributed by atoms with van der Waals surface area (Å²) >= 11 is 0. The molecule has 1 rings (SSSR count). The molecule has 1 saturated heterocycles. The molecule has 0 aromatic rings. The van der Waals surface area contributed by atoms with Crippen LogP contribution >= 0.6 is 0 Å². The second-order valence-electron chi connectivity index (χ2n) is 4.85. The van der Waals surface area contributed by atoms with Gasteiger partial charge in [-0.1, -0.05) is 0 Å². The van der Waals surface area contributed by atoms with E-state index in [1.54, 1.807) is 20.8 Å². The largest absolute Gasteiger partial charge is 0.444 e. The van der Waals surface area contributed by atoms with E-state index >= 15 is 0 Å². The second kappa shape index (κ2) is 5.17. The van der Waals surface area contributed by atoms with E-state index in [4.69, 9.17) is 14.7 Å². The van der Waals surface area contributed by atoms with Crippen LogP contribution in [0.15, 0.2) is 0 Å². The summed E-state index contributed by atoms with van der Waals surface area (Å²) in [6.45, 7) is 6.34. The highest BCUT2D eigenvalue weighted by molar-refractivity contribution is 5.68. The Bertz CT molecular complexity index is 291. The summed E-state index contributed by atoms with van der Waals surface area (Å²) in [6, 6.07) is 1.90. The maximum atomic E-state index is 11.5.